The molecule has 1 atom stereocenters. The van der Waals surface area contributed by atoms with Gasteiger partial charge in [0.2, 0.25) is 10.0 Å². The lowest BCUT2D eigenvalue weighted by Gasteiger charge is -2.19. The predicted molar refractivity (Wildman–Crippen MR) is 113 cm³/mol. The molecule has 0 spiro atoms. The molecule has 1 aliphatic heterocycles. The van der Waals surface area contributed by atoms with Crippen molar-refractivity contribution in [3.05, 3.63) is 59.2 Å². The summed E-state index contributed by atoms with van der Waals surface area (Å²) in [6.07, 6.45) is 2.37. The fraction of sp³-hybridized carbons (Fsp3) is 0.429. The van der Waals surface area contributed by atoms with Gasteiger partial charge in [0.15, 0.2) is 0 Å². The maximum Gasteiger partial charge on any atom is 0.229 e. The van der Waals surface area contributed by atoms with Crippen molar-refractivity contribution in [1.82, 2.24) is 4.90 Å². The minimum Gasteiger partial charge on any atom is -0.384 e. The average Bonchev–Trinajstić information content (AvgIpc) is 3.01. The van der Waals surface area contributed by atoms with E-state index in [1.54, 1.807) is 0 Å². The Morgan fingerprint density at radius 1 is 1.11 bits per heavy atom. The molecule has 1 unspecified atom stereocenters. The molecule has 0 amide bonds. The number of hydrogen-bond acceptors (Lipinski definition) is 4. The van der Waals surface area contributed by atoms with Gasteiger partial charge in [-0.15, -0.1) is 0 Å². The van der Waals surface area contributed by atoms with Crippen LogP contribution in [0, 0.1) is 19.8 Å². The number of rotatable bonds is 7. The van der Waals surface area contributed by atoms with Gasteiger partial charge < -0.3 is 5.32 Å². The summed E-state index contributed by atoms with van der Waals surface area (Å²) in [5, 5.41) is 3.59. The van der Waals surface area contributed by atoms with E-state index in [0.29, 0.717) is 11.6 Å². The second-order valence-corrected chi connectivity index (χ2v) is 9.36. The minimum atomic E-state index is -3.26. The van der Waals surface area contributed by atoms with Gasteiger partial charge in [-0.05, 0) is 61.6 Å². The van der Waals surface area contributed by atoms with Crippen molar-refractivity contribution in [2.24, 2.45) is 5.92 Å². The number of sulfonamides is 1. The summed E-state index contributed by atoms with van der Waals surface area (Å²) in [6.45, 7) is 8.22. The second kappa shape index (κ2) is 8.31. The van der Waals surface area contributed by atoms with Gasteiger partial charge >= 0.3 is 0 Å². The van der Waals surface area contributed by atoms with Gasteiger partial charge in [0, 0.05) is 31.0 Å². The number of hydrogen-bond donors (Lipinski definition) is 2. The van der Waals surface area contributed by atoms with Crippen molar-refractivity contribution in [3.8, 4) is 0 Å². The third-order valence-electron chi connectivity index (χ3n) is 5.02. The summed E-state index contributed by atoms with van der Waals surface area (Å²) < 4.78 is 25.4. The van der Waals surface area contributed by atoms with Crippen LogP contribution in [0.1, 0.15) is 23.1 Å². The molecule has 2 aromatic rings. The molecule has 5 nitrogen and oxygen atoms in total. The summed E-state index contributed by atoms with van der Waals surface area (Å²) in [7, 11) is -3.26. The van der Waals surface area contributed by atoms with Crippen molar-refractivity contribution >= 4 is 21.4 Å². The third kappa shape index (κ3) is 5.71. The number of anilines is 2. The SMILES string of the molecule is Cc1cc(NS(C)(=O)=O)cc(C)c1NCC1CCN(Cc2ccccc2)C1. The third-order valence-corrected chi connectivity index (χ3v) is 5.63. The first kappa shape index (κ1) is 19.7. The highest BCUT2D eigenvalue weighted by Gasteiger charge is 2.22. The van der Waals surface area contributed by atoms with Crippen LogP contribution in [-0.4, -0.2) is 39.2 Å². The first-order chi connectivity index (χ1) is 12.8. The maximum atomic E-state index is 11.4. The Bertz CT molecular complexity index is 859. The molecule has 1 saturated heterocycles. The molecule has 3 rings (SSSR count). The largest absolute Gasteiger partial charge is 0.384 e. The van der Waals surface area contributed by atoms with Gasteiger partial charge in [0.05, 0.1) is 6.26 Å². The zero-order chi connectivity index (χ0) is 19.4. The molecule has 1 fully saturated rings. The zero-order valence-corrected chi connectivity index (χ0v) is 17.1. The molecule has 0 radical (unpaired) electrons. The Balaban J connectivity index is 1.56. The van der Waals surface area contributed by atoms with E-state index in [0.717, 1.165) is 43.0 Å². The Morgan fingerprint density at radius 2 is 1.78 bits per heavy atom. The van der Waals surface area contributed by atoms with E-state index in [1.165, 1.54) is 18.2 Å². The molecular formula is C21H29N3O2S. The molecule has 0 aromatic heterocycles. The highest BCUT2D eigenvalue weighted by atomic mass is 32.2. The minimum absolute atomic E-state index is 0.618. The van der Waals surface area contributed by atoms with Crippen LogP contribution in [0.3, 0.4) is 0 Å². The van der Waals surface area contributed by atoms with Gasteiger partial charge in [-0.1, -0.05) is 30.3 Å². The van der Waals surface area contributed by atoms with Crippen molar-refractivity contribution in [2.45, 2.75) is 26.8 Å². The summed E-state index contributed by atoms with van der Waals surface area (Å²) in [5.41, 5.74) is 5.20. The molecule has 0 bridgehead atoms. The lowest BCUT2D eigenvalue weighted by molar-refractivity contribution is 0.319. The van der Waals surface area contributed by atoms with E-state index < -0.39 is 10.0 Å². The van der Waals surface area contributed by atoms with Crippen molar-refractivity contribution in [2.75, 3.05) is 35.9 Å². The molecular weight excluding hydrogens is 358 g/mol. The first-order valence-corrected chi connectivity index (χ1v) is 11.3. The topological polar surface area (TPSA) is 61.4 Å². The lowest BCUT2D eigenvalue weighted by Crippen LogP contribution is -2.23. The van der Waals surface area contributed by atoms with E-state index in [1.807, 2.05) is 26.0 Å². The highest BCUT2D eigenvalue weighted by Crippen LogP contribution is 2.27. The number of benzene rings is 2. The van der Waals surface area contributed by atoms with Crippen LogP contribution in [0.4, 0.5) is 11.4 Å². The Kier molecular flexibility index (Phi) is 6.07. The Morgan fingerprint density at radius 3 is 2.41 bits per heavy atom. The Labute approximate surface area is 162 Å². The van der Waals surface area contributed by atoms with Gasteiger partial charge in [0.25, 0.3) is 0 Å². The standard InChI is InChI=1S/C21H29N3O2S/c1-16-11-20(23-27(3,25)26)12-17(2)21(16)22-13-19-9-10-24(15-19)14-18-7-5-4-6-8-18/h4-8,11-12,19,22-23H,9-10,13-15H2,1-3H3. The first-order valence-electron chi connectivity index (χ1n) is 9.39. The Hall–Kier alpha value is -2.05. The van der Waals surface area contributed by atoms with E-state index in [2.05, 4.69) is 45.3 Å². The summed E-state index contributed by atoms with van der Waals surface area (Å²) >= 11 is 0. The monoisotopic (exact) mass is 387 g/mol. The molecule has 1 heterocycles. The van der Waals surface area contributed by atoms with Crippen LogP contribution in [0.25, 0.3) is 0 Å². The average molecular weight is 388 g/mol. The molecule has 2 aromatic carbocycles. The smallest absolute Gasteiger partial charge is 0.229 e. The van der Waals surface area contributed by atoms with Gasteiger partial charge in [0.1, 0.15) is 0 Å². The van der Waals surface area contributed by atoms with Gasteiger partial charge in [-0.2, -0.15) is 0 Å². The molecule has 27 heavy (non-hydrogen) atoms. The van der Waals surface area contributed by atoms with Crippen LogP contribution in [0.2, 0.25) is 0 Å². The van der Waals surface area contributed by atoms with Crippen molar-refractivity contribution < 1.29 is 8.42 Å². The molecule has 2 N–H and O–H groups in total. The highest BCUT2D eigenvalue weighted by molar-refractivity contribution is 7.92. The summed E-state index contributed by atoms with van der Waals surface area (Å²) in [6, 6.07) is 14.4. The van der Waals surface area contributed by atoms with Crippen molar-refractivity contribution in [1.29, 1.82) is 0 Å². The van der Waals surface area contributed by atoms with Crippen LogP contribution in [0.5, 0.6) is 0 Å². The maximum absolute atomic E-state index is 11.4. The fourth-order valence-corrected chi connectivity index (χ4v) is 4.37. The van der Waals surface area contributed by atoms with E-state index >= 15 is 0 Å². The number of nitrogens with zero attached hydrogens (tertiary/aromatic N) is 1. The molecule has 146 valence electrons. The summed E-state index contributed by atoms with van der Waals surface area (Å²) in [4.78, 5) is 2.51. The molecule has 0 aliphatic carbocycles. The van der Waals surface area contributed by atoms with Gasteiger partial charge in [-0.3, -0.25) is 9.62 Å². The fourth-order valence-electron chi connectivity index (χ4n) is 3.83. The molecule has 1 aliphatic rings. The van der Waals surface area contributed by atoms with E-state index in [9.17, 15) is 8.42 Å². The molecule has 6 heteroatoms. The van der Waals surface area contributed by atoms with E-state index in [-0.39, 0.29) is 0 Å². The quantitative estimate of drug-likeness (QED) is 0.762. The summed E-state index contributed by atoms with van der Waals surface area (Å²) in [5.74, 6) is 0.626. The van der Waals surface area contributed by atoms with Crippen LogP contribution >= 0.6 is 0 Å². The van der Waals surface area contributed by atoms with Crippen LogP contribution < -0.4 is 10.0 Å². The number of aryl methyl sites for hydroxylation is 2. The van der Waals surface area contributed by atoms with Crippen molar-refractivity contribution in [3.63, 3.8) is 0 Å². The lowest BCUT2D eigenvalue weighted by atomic mass is 10.1. The zero-order valence-electron chi connectivity index (χ0n) is 16.3. The van der Waals surface area contributed by atoms with Crippen LogP contribution in [0.15, 0.2) is 42.5 Å². The number of likely N-dealkylation sites (tertiary alicyclic amines) is 1. The predicted octanol–water partition coefficient (Wildman–Crippen LogP) is 3.61. The van der Waals surface area contributed by atoms with Crippen LogP contribution in [-0.2, 0) is 16.6 Å². The second-order valence-electron chi connectivity index (χ2n) is 7.62. The molecule has 0 saturated carbocycles. The number of nitrogens with one attached hydrogen (secondary N) is 2. The normalized spacial score (nSPS) is 17.8. The van der Waals surface area contributed by atoms with E-state index in [4.69, 9.17) is 0 Å². The van der Waals surface area contributed by atoms with Gasteiger partial charge in [-0.25, -0.2) is 8.42 Å².